The number of nitrogens with zero attached hydrogens (tertiary/aromatic N) is 2. The molecule has 102 valence electrons. The van der Waals surface area contributed by atoms with Crippen molar-refractivity contribution in [3.63, 3.8) is 0 Å². The highest BCUT2D eigenvalue weighted by atomic mass is 16.5. The third-order valence-corrected chi connectivity index (χ3v) is 3.47. The molecule has 1 N–H and O–H groups in total. The Morgan fingerprint density at radius 2 is 1.83 bits per heavy atom. The summed E-state index contributed by atoms with van der Waals surface area (Å²) in [7, 11) is 0. The molecule has 0 aromatic rings. The highest BCUT2D eigenvalue weighted by Gasteiger charge is 2.38. The Kier molecular flexibility index (Phi) is 3.75. The third-order valence-electron chi connectivity index (χ3n) is 3.47. The van der Waals surface area contributed by atoms with E-state index in [9.17, 15) is 9.59 Å². The second-order valence-electron chi connectivity index (χ2n) is 5.13. The number of ether oxygens (including phenoxy) is 1. The molecule has 2 rings (SSSR count). The topological polar surface area (TPSA) is 70.1 Å². The van der Waals surface area contributed by atoms with Crippen LogP contribution in [0.15, 0.2) is 0 Å². The molecule has 18 heavy (non-hydrogen) atoms. The van der Waals surface area contributed by atoms with Crippen LogP contribution in [0.1, 0.15) is 26.7 Å². The average molecular weight is 256 g/mol. The summed E-state index contributed by atoms with van der Waals surface area (Å²) in [4.78, 5) is 26.6. The van der Waals surface area contributed by atoms with E-state index < -0.39 is 12.0 Å². The lowest BCUT2D eigenvalue weighted by molar-refractivity contribution is -0.141. The summed E-state index contributed by atoms with van der Waals surface area (Å²) < 4.78 is 5.57. The molecule has 2 heterocycles. The SMILES string of the molecule is C[C@@H]1CN(C(=O)N2CCC[C@@H]2C(=O)O)C[C@H](C)O1. The number of likely N-dealkylation sites (tertiary alicyclic amines) is 1. The van der Waals surface area contributed by atoms with Gasteiger partial charge in [0.2, 0.25) is 0 Å². The van der Waals surface area contributed by atoms with Gasteiger partial charge < -0.3 is 19.6 Å². The van der Waals surface area contributed by atoms with E-state index in [1.54, 1.807) is 4.90 Å². The van der Waals surface area contributed by atoms with Crippen LogP contribution in [0, 0.1) is 0 Å². The fourth-order valence-corrected chi connectivity index (χ4v) is 2.77. The summed E-state index contributed by atoms with van der Waals surface area (Å²) in [6.45, 7) is 5.46. The van der Waals surface area contributed by atoms with Gasteiger partial charge >= 0.3 is 12.0 Å². The quantitative estimate of drug-likeness (QED) is 0.752. The number of carboxylic acid groups (broad SMARTS) is 1. The normalized spacial score (nSPS) is 32.7. The number of carbonyl (C=O) groups is 2. The van der Waals surface area contributed by atoms with Crippen molar-refractivity contribution in [1.82, 2.24) is 9.80 Å². The van der Waals surface area contributed by atoms with Gasteiger partial charge in [-0.3, -0.25) is 0 Å². The summed E-state index contributed by atoms with van der Waals surface area (Å²) >= 11 is 0. The molecule has 0 spiro atoms. The van der Waals surface area contributed by atoms with Gasteiger partial charge in [-0.1, -0.05) is 0 Å². The van der Waals surface area contributed by atoms with Crippen LogP contribution >= 0.6 is 0 Å². The highest BCUT2D eigenvalue weighted by molar-refractivity contribution is 5.83. The molecule has 0 aromatic carbocycles. The lowest BCUT2D eigenvalue weighted by atomic mass is 10.2. The van der Waals surface area contributed by atoms with Crippen LogP contribution in [0.25, 0.3) is 0 Å². The summed E-state index contributed by atoms with van der Waals surface area (Å²) in [5.74, 6) is -0.907. The van der Waals surface area contributed by atoms with Gasteiger partial charge in [-0.05, 0) is 26.7 Å². The Balaban J connectivity index is 2.04. The molecule has 2 amide bonds. The number of amides is 2. The van der Waals surface area contributed by atoms with Crippen LogP contribution in [-0.2, 0) is 9.53 Å². The van der Waals surface area contributed by atoms with Crippen molar-refractivity contribution in [2.24, 2.45) is 0 Å². The van der Waals surface area contributed by atoms with Gasteiger partial charge in [-0.2, -0.15) is 0 Å². The van der Waals surface area contributed by atoms with Crippen molar-refractivity contribution in [2.75, 3.05) is 19.6 Å². The summed E-state index contributed by atoms with van der Waals surface area (Å²) in [5.41, 5.74) is 0. The van der Waals surface area contributed by atoms with Crippen LogP contribution in [0.5, 0.6) is 0 Å². The van der Waals surface area contributed by atoms with Crippen molar-refractivity contribution >= 4 is 12.0 Å². The van der Waals surface area contributed by atoms with E-state index in [1.807, 2.05) is 13.8 Å². The van der Waals surface area contributed by atoms with Crippen LogP contribution in [-0.4, -0.2) is 64.8 Å². The monoisotopic (exact) mass is 256 g/mol. The zero-order chi connectivity index (χ0) is 13.3. The van der Waals surface area contributed by atoms with Gasteiger partial charge in [-0.15, -0.1) is 0 Å². The lowest BCUT2D eigenvalue weighted by Crippen LogP contribution is -2.54. The van der Waals surface area contributed by atoms with E-state index in [0.29, 0.717) is 26.1 Å². The van der Waals surface area contributed by atoms with E-state index in [1.165, 1.54) is 4.90 Å². The number of carboxylic acids is 1. The molecule has 0 bridgehead atoms. The second kappa shape index (κ2) is 5.14. The van der Waals surface area contributed by atoms with Gasteiger partial charge in [-0.25, -0.2) is 9.59 Å². The van der Waals surface area contributed by atoms with Gasteiger partial charge in [0, 0.05) is 19.6 Å². The summed E-state index contributed by atoms with van der Waals surface area (Å²) in [6.07, 6.45) is 1.32. The lowest BCUT2D eigenvalue weighted by Gasteiger charge is -2.38. The van der Waals surface area contributed by atoms with Crippen molar-refractivity contribution in [3.05, 3.63) is 0 Å². The van der Waals surface area contributed by atoms with Crippen LogP contribution in [0.3, 0.4) is 0 Å². The van der Waals surface area contributed by atoms with Gasteiger partial charge in [0.25, 0.3) is 0 Å². The molecule has 2 aliphatic rings. The van der Waals surface area contributed by atoms with E-state index in [0.717, 1.165) is 6.42 Å². The van der Waals surface area contributed by atoms with E-state index in [2.05, 4.69) is 0 Å². The van der Waals surface area contributed by atoms with Crippen molar-refractivity contribution in [1.29, 1.82) is 0 Å². The van der Waals surface area contributed by atoms with E-state index >= 15 is 0 Å². The van der Waals surface area contributed by atoms with Gasteiger partial charge in [0.05, 0.1) is 12.2 Å². The summed E-state index contributed by atoms with van der Waals surface area (Å²) in [6, 6.07) is -0.826. The minimum Gasteiger partial charge on any atom is -0.480 e. The maximum Gasteiger partial charge on any atom is 0.326 e. The van der Waals surface area contributed by atoms with Crippen LogP contribution in [0.2, 0.25) is 0 Å². The smallest absolute Gasteiger partial charge is 0.326 e. The van der Waals surface area contributed by atoms with Gasteiger partial charge in [0.1, 0.15) is 6.04 Å². The average Bonchev–Trinajstić information content (AvgIpc) is 2.75. The first kappa shape index (κ1) is 13.1. The fraction of sp³-hybridized carbons (Fsp3) is 0.833. The van der Waals surface area contributed by atoms with Gasteiger partial charge in [0.15, 0.2) is 0 Å². The molecule has 2 saturated heterocycles. The first-order valence-electron chi connectivity index (χ1n) is 6.43. The molecular weight excluding hydrogens is 236 g/mol. The Hall–Kier alpha value is -1.30. The molecular formula is C12H20N2O4. The summed E-state index contributed by atoms with van der Waals surface area (Å²) in [5, 5.41) is 9.10. The Bertz CT molecular complexity index is 337. The second-order valence-corrected chi connectivity index (χ2v) is 5.13. The number of hydrogen-bond donors (Lipinski definition) is 1. The molecule has 6 heteroatoms. The standard InChI is InChI=1S/C12H20N2O4/c1-8-6-13(7-9(2)18-8)12(17)14-5-3-4-10(14)11(15)16/h8-10H,3-7H2,1-2H3,(H,15,16)/t8-,9+,10-/m1/s1. The first-order chi connectivity index (χ1) is 8.49. The number of morpholine rings is 1. The highest BCUT2D eigenvalue weighted by Crippen LogP contribution is 2.21. The predicted octanol–water partition coefficient (Wildman–Crippen LogP) is 0.765. The number of hydrogen-bond acceptors (Lipinski definition) is 3. The molecule has 0 radical (unpaired) electrons. The zero-order valence-corrected chi connectivity index (χ0v) is 10.8. The Morgan fingerprint density at radius 1 is 1.22 bits per heavy atom. The molecule has 3 atom stereocenters. The van der Waals surface area contributed by atoms with Crippen LogP contribution in [0.4, 0.5) is 4.79 Å². The number of urea groups is 1. The third kappa shape index (κ3) is 2.58. The van der Waals surface area contributed by atoms with Crippen molar-refractivity contribution in [2.45, 2.75) is 44.9 Å². The number of aliphatic carboxylic acids is 1. The minimum atomic E-state index is -0.907. The molecule has 6 nitrogen and oxygen atoms in total. The van der Waals surface area contributed by atoms with E-state index in [4.69, 9.17) is 9.84 Å². The number of rotatable bonds is 1. The molecule has 2 aliphatic heterocycles. The van der Waals surface area contributed by atoms with Crippen LogP contribution < -0.4 is 0 Å². The maximum absolute atomic E-state index is 12.3. The van der Waals surface area contributed by atoms with Crippen molar-refractivity contribution in [3.8, 4) is 0 Å². The molecule has 0 aromatic heterocycles. The minimum absolute atomic E-state index is 0.00332. The predicted molar refractivity (Wildman–Crippen MR) is 64.3 cm³/mol. The number of carbonyl (C=O) groups excluding carboxylic acids is 1. The molecule has 2 fully saturated rings. The maximum atomic E-state index is 12.3. The Labute approximate surface area is 106 Å². The first-order valence-corrected chi connectivity index (χ1v) is 6.43. The zero-order valence-electron chi connectivity index (χ0n) is 10.8. The molecule has 0 saturated carbocycles. The largest absolute Gasteiger partial charge is 0.480 e. The van der Waals surface area contributed by atoms with Crippen molar-refractivity contribution < 1.29 is 19.4 Å². The Morgan fingerprint density at radius 3 is 2.39 bits per heavy atom. The fourth-order valence-electron chi connectivity index (χ4n) is 2.77. The van der Waals surface area contributed by atoms with E-state index in [-0.39, 0.29) is 18.2 Å². The molecule has 0 aliphatic carbocycles. The molecule has 0 unspecified atom stereocenters.